The largest absolute Gasteiger partial charge is 0.368 e. The lowest BCUT2D eigenvalue weighted by Gasteiger charge is -2.44. The van der Waals surface area contributed by atoms with Crippen LogP contribution in [0.25, 0.3) is 0 Å². The molecule has 5 nitrogen and oxygen atoms in total. The molecule has 0 spiro atoms. The molecule has 5 heteroatoms. The molecule has 126 valence electrons. The first-order chi connectivity index (χ1) is 11.2. The van der Waals surface area contributed by atoms with E-state index in [1.807, 2.05) is 24.5 Å². The van der Waals surface area contributed by atoms with E-state index >= 15 is 0 Å². The molecule has 3 rings (SSSR count). The number of nitrogens with zero attached hydrogens (tertiary/aromatic N) is 4. The standard InChI is InChI=1S/C18H28N4O/c1-3-20-11-5-4-6-17(20)18(23)22-13-12-21(14-15(22)2)16-7-9-19-10-8-16/h7-10,15,17H,3-6,11-14H2,1-2H3/t15?,17-/m0/s1. The predicted molar refractivity (Wildman–Crippen MR) is 92.5 cm³/mol. The minimum atomic E-state index is 0.101. The van der Waals surface area contributed by atoms with Gasteiger partial charge in [-0.05, 0) is 45.0 Å². The molecule has 0 aliphatic carbocycles. The molecule has 0 radical (unpaired) electrons. The molecule has 3 heterocycles. The maximum atomic E-state index is 13.0. The molecule has 1 aromatic heterocycles. The second-order valence-corrected chi connectivity index (χ2v) is 6.67. The van der Waals surface area contributed by atoms with Gasteiger partial charge in [-0.2, -0.15) is 0 Å². The van der Waals surface area contributed by atoms with Gasteiger partial charge in [0.05, 0.1) is 6.04 Å². The van der Waals surface area contributed by atoms with Crippen LogP contribution in [0, 0.1) is 0 Å². The van der Waals surface area contributed by atoms with Gasteiger partial charge >= 0.3 is 0 Å². The number of carbonyl (C=O) groups is 1. The Morgan fingerprint density at radius 3 is 2.70 bits per heavy atom. The van der Waals surface area contributed by atoms with Crippen LogP contribution in [0.3, 0.4) is 0 Å². The van der Waals surface area contributed by atoms with Crippen LogP contribution in [0.2, 0.25) is 0 Å². The van der Waals surface area contributed by atoms with Gasteiger partial charge in [0.2, 0.25) is 5.91 Å². The van der Waals surface area contributed by atoms with Crippen LogP contribution in [-0.2, 0) is 4.79 Å². The highest BCUT2D eigenvalue weighted by molar-refractivity contribution is 5.82. The lowest BCUT2D eigenvalue weighted by Crippen LogP contribution is -2.59. The van der Waals surface area contributed by atoms with Crippen molar-refractivity contribution < 1.29 is 4.79 Å². The maximum Gasteiger partial charge on any atom is 0.240 e. The van der Waals surface area contributed by atoms with Gasteiger partial charge in [-0.15, -0.1) is 0 Å². The first-order valence-corrected chi connectivity index (χ1v) is 8.90. The van der Waals surface area contributed by atoms with Crippen LogP contribution in [-0.4, -0.2) is 65.5 Å². The second kappa shape index (κ2) is 7.30. The molecule has 0 N–H and O–H groups in total. The number of anilines is 1. The van der Waals surface area contributed by atoms with Gasteiger partial charge < -0.3 is 9.80 Å². The predicted octanol–water partition coefficient (Wildman–Crippen LogP) is 1.99. The number of hydrogen-bond acceptors (Lipinski definition) is 4. The van der Waals surface area contributed by atoms with Crippen molar-refractivity contribution in [3.63, 3.8) is 0 Å². The third-order valence-electron chi connectivity index (χ3n) is 5.24. The van der Waals surface area contributed by atoms with Crippen molar-refractivity contribution in [2.75, 3.05) is 37.6 Å². The molecule has 2 saturated heterocycles. The monoisotopic (exact) mass is 316 g/mol. The van der Waals surface area contributed by atoms with Gasteiger partial charge in [0.15, 0.2) is 0 Å². The van der Waals surface area contributed by atoms with Crippen molar-refractivity contribution in [3.8, 4) is 0 Å². The average molecular weight is 316 g/mol. The Bertz CT molecular complexity index is 521. The van der Waals surface area contributed by atoms with Crippen LogP contribution in [0.4, 0.5) is 5.69 Å². The number of amides is 1. The number of hydrogen-bond donors (Lipinski definition) is 0. The maximum absolute atomic E-state index is 13.0. The summed E-state index contributed by atoms with van der Waals surface area (Å²) in [5.41, 5.74) is 1.20. The highest BCUT2D eigenvalue weighted by atomic mass is 16.2. The molecule has 1 unspecified atom stereocenters. The van der Waals surface area contributed by atoms with Gasteiger partial charge in [0, 0.05) is 43.8 Å². The Kier molecular flexibility index (Phi) is 5.16. The van der Waals surface area contributed by atoms with Gasteiger partial charge in [-0.3, -0.25) is 14.7 Å². The fraction of sp³-hybridized carbons (Fsp3) is 0.667. The summed E-state index contributed by atoms with van der Waals surface area (Å²) in [4.78, 5) is 23.9. The van der Waals surface area contributed by atoms with Crippen LogP contribution < -0.4 is 4.90 Å². The number of likely N-dealkylation sites (tertiary alicyclic amines) is 1. The Balaban J connectivity index is 1.64. The first kappa shape index (κ1) is 16.2. The molecule has 23 heavy (non-hydrogen) atoms. The summed E-state index contributed by atoms with van der Waals surface area (Å²) in [7, 11) is 0. The van der Waals surface area contributed by atoms with E-state index in [1.165, 1.54) is 18.5 Å². The topological polar surface area (TPSA) is 39.7 Å². The van der Waals surface area contributed by atoms with E-state index in [-0.39, 0.29) is 12.1 Å². The third kappa shape index (κ3) is 3.50. The molecule has 0 aromatic carbocycles. The molecule has 1 aromatic rings. The number of piperidine rings is 1. The van der Waals surface area contributed by atoms with Crippen molar-refractivity contribution in [2.24, 2.45) is 0 Å². The number of pyridine rings is 1. The Labute approximate surface area is 139 Å². The van der Waals surface area contributed by atoms with Crippen molar-refractivity contribution >= 4 is 11.6 Å². The molecular formula is C18H28N4O. The molecule has 1 amide bonds. The number of aromatic nitrogens is 1. The summed E-state index contributed by atoms with van der Waals surface area (Å²) in [5, 5.41) is 0. The van der Waals surface area contributed by atoms with Crippen molar-refractivity contribution in [3.05, 3.63) is 24.5 Å². The summed E-state index contributed by atoms with van der Waals surface area (Å²) in [6.45, 7) is 8.99. The summed E-state index contributed by atoms with van der Waals surface area (Å²) in [5.74, 6) is 0.341. The van der Waals surface area contributed by atoms with E-state index < -0.39 is 0 Å². The Morgan fingerprint density at radius 1 is 1.22 bits per heavy atom. The third-order valence-corrected chi connectivity index (χ3v) is 5.24. The first-order valence-electron chi connectivity index (χ1n) is 8.90. The highest BCUT2D eigenvalue weighted by Crippen LogP contribution is 2.23. The fourth-order valence-corrected chi connectivity index (χ4v) is 3.91. The molecule has 2 fully saturated rings. The van der Waals surface area contributed by atoms with E-state index in [1.54, 1.807) is 0 Å². The molecule has 0 saturated carbocycles. The number of likely N-dealkylation sites (N-methyl/N-ethyl adjacent to an activating group) is 1. The Morgan fingerprint density at radius 2 is 2.00 bits per heavy atom. The lowest BCUT2D eigenvalue weighted by molar-refractivity contribution is -0.140. The van der Waals surface area contributed by atoms with Crippen LogP contribution in [0.1, 0.15) is 33.1 Å². The van der Waals surface area contributed by atoms with E-state index in [4.69, 9.17) is 0 Å². The number of piperazine rings is 1. The van der Waals surface area contributed by atoms with Gasteiger partial charge in [0.25, 0.3) is 0 Å². The minimum absolute atomic E-state index is 0.101. The van der Waals surface area contributed by atoms with Gasteiger partial charge in [-0.1, -0.05) is 13.3 Å². The van der Waals surface area contributed by atoms with Crippen molar-refractivity contribution in [2.45, 2.75) is 45.2 Å². The van der Waals surface area contributed by atoms with Crippen LogP contribution in [0.5, 0.6) is 0 Å². The zero-order valence-corrected chi connectivity index (χ0v) is 14.3. The van der Waals surface area contributed by atoms with Gasteiger partial charge in [0.1, 0.15) is 0 Å². The zero-order chi connectivity index (χ0) is 16.2. The SMILES string of the molecule is CCN1CCCC[C@H]1C(=O)N1CCN(c2ccncc2)CC1C. The fourth-order valence-electron chi connectivity index (χ4n) is 3.91. The minimum Gasteiger partial charge on any atom is -0.368 e. The average Bonchev–Trinajstić information content (AvgIpc) is 2.61. The van der Waals surface area contributed by atoms with E-state index in [2.05, 4.69) is 33.5 Å². The molecule has 2 atom stereocenters. The lowest BCUT2D eigenvalue weighted by atomic mass is 9.99. The number of rotatable bonds is 3. The Hall–Kier alpha value is -1.62. The summed E-state index contributed by atoms with van der Waals surface area (Å²) >= 11 is 0. The van der Waals surface area contributed by atoms with Crippen molar-refractivity contribution in [1.82, 2.24) is 14.8 Å². The highest BCUT2D eigenvalue weighted by Gasteiger charge is 2.35. The zero-order valence-electron chi connectivity index (χ0n) is 14.3. The van der Waals surface area contributed by atoms with E-state index in [9.17, 15) is 4.79 Å². The van der Waals surface area contributed by atoms with E-state index in [0.717, 1.165) is 39.1 Å². The smallest absolute Gasteiger partial charge is 0.240 e. The van der Waals surface area contributed by atoms with Crippen molar-refractivity contribution in [1.29, 1.82) is 0 Å². The van der Waals surface area contributed by atoms with Gasteiger partial charge in [-0.25, -0.2) is 0 Å². The molecule has 2 aliphatic rings. The van der Waals surface area contributed by atoms with Crippen LogP contribution in [0.15, 0.2) is 24.5 Å². The normalized spacial score (nSPS) is 26.3. The summed E-state index contributed by atoms with van der Waals surface area (Å²) in [6, 6.07) is 4.45. The molecule has 0 bridgehead atoms. The molecule has 2 aliphatic heterocycles. The number of carbonyl (C=O) groups excluding carboxylic acids is 1. The quantitative estimate of drug-likeness (QED) is 0.855. The summed E-state index contributed by atoms with van der Waals surface area (Å²) in [6.07, 6.45) is 7.09. The summed E-state index contributed by atoms with van der Waals surface area (Å²) < 4.78 is 0. The second-order valence-electron chi connectivity index (χ2n) is 6.67. The molecular weight excluding hydrogens is 288 g/mol. The van der Waals surface area contributed by atoms with E-state index in [0.29, 0.717) is 5.91 Å². The van der Waals surface area contributed by atoms with Crippen LogP contribution >= 0.6 is 0 Å².